The second-order valence-electron chi connectivity index (χ2n) is 4.63. The Balaban J connectivity index is 2.59. The van der Waals surface area contributed by atoms with Crippen molar-refractivity contribution in [3.8, 4) is 0 Å². The molecule has 0 fully saturated rings. The Morgan fingerprint density at radius 2 is 1.94 bits per heavy atom. The minimum Gasteiger partial charge on any atom is -0.481 e. The van der Waals surface area contributed by atoms with E-state index < -0.39 is 5.97 Å². The molecule has 1 unspecified atom stereocenters. The summed E-state index contributed by atoms with van der Waals surface area (Å²) in [7, 11) is 0. The van der Waals surface area contributed by atoms with Crippen LogP contribution in [0.3, 0.4) is 0 Å². The predicted molar refractivity (Wildman–Crippen MR) is 70.6 cm³/mol. The van der Waals surface area contributed by atoms with Crippen molar-refractivity contribution >= 4 is 11.7 Å². The van der Waals surface area contributed by atoms with Gasteiger partial charge in [0.25, 0.3) is 0 Å². The molecule has 17 heavy (non-hydrogen) atoms. The van der Waals surface area contributed by atoms with Crippen LogP contribution in [0, 0.1) is 26.7 Å². The van der Waals surface area contributed by atoms with Gasteiger partial charge in [-0.2, -0.15) is 0 Å². The predicted octanol–water partition coefficient (Wildman–Crippen LogP) is 3.13. The zero-order chi connectivity index (χ0) is 13.0. The first-order valence-electron chi connectivity index (χ1n) is 5.97. The fraction of sp³-hybridized carbons (Fsp3) is 0.500. The number of aryl methyl sites for hydroxylation is 1. The first kappa shape index (κ1) is 13.6. The number of aliphatic carboxylic acids is 1. The number of rotatable bonds is 5. The van der Waals surface area contributed by atoms with Crippen molar-refractivity contribution in [2.45, 2.75) is 34.1 Å². The number of hydrogen-bond donors (Lipinski definition) is 2. The third-order valence-corrected chi connectivity index (χ3v) is 3.37. The third-order valence-electron chi connectivity index (χ3n) is 3.37. The summed E-state index contributed by atoms with van der Waals surface area (Å²) in [6.45, 7) is 8.72. The smallest absolute Gasteiger partial charge is 0.306 e. The summed E-state index contributed by atoms with van der Waals surface area (Å²) in [6, 6.07) is 4.15. The summed E-state index contributed by atoms with van der Waals surface area (Å²) >= 11 is 0. The van der Waals surface area contributed by atoms with Crippen molar-refractivity contribution in [2.24, 2.45) is 5.92 Å². The number of nitrogens with one attached hydrogen (secondary N) is 1. The molecule has 0 bridgehead atoms. The van der Waals surface area contributed by atoms with Crippen LogP contribution in [-0.2, 0) is 4.79 Å². The van der Waals surface area contributed by atoms with Crippen molar-refractivity contribution in [2.75, 3.05) is 11.9 Å². The van der Waals surface area contributed by atoms with Crippen molar-refractivity contribution in [1.82, 2.24) is 0 Å². The summed E-state index contributed by atoms with van der Waals surface area (Å²) in [4.78, 5) is 10.7. The van der Waals surface area contributed by atoms with Crippen molar-refractivity contribution in [3.05, 3.63) is 28.8 Å². The molecular formula is C14H21NO2. The topological polar surface area (TPSA) is 49.3 Å². The normalized spacial score (nSPS) is 12.2. The highest BCUT2D eigenvalue weighted by molar-refractivity contribution is 5.69. The van der Waals surface area contributed by atoms with E-state index in [1.165, 1.54) is 16.7 Å². The molecule has 1 aromatic carbocycles. The molecule has 3 heteroatoms. The first-order valence-corrected chi connectivity index (χ1v) is 5.97. The number of anilines is 1. The molecule has 0 saturated carbocycles. The van der Waals surface area contributed by atoms with Gasteiger partial charge in [0.1, 0.15) is 0 Å². The van der Waals surface area contributed by atoms with Gasteiger partial charge in [-0.1, -0.05) is 13.0 Å². The highest BCUT2D eigenvalue weighted by atomic mass is 16.4. The van der Waals surface area contributed by atoms with Crippen LogP contribution in [0.4, 0.5) is 5.69 Å². The summed E-state index contributed by atoms with van der Waals surface area (Å²) in [5, 5.41) is 12.1. The lowest BCUT2D eigenvalue weighted by atomic mass is 10.0. The third kappa shape index (κ3) is 3.48. The zero-order valence-corrected chi connectivity index (χ0v) is 11.0. The molecule has 0 aromatic heterocycles. The molecule has 3 nitrogen and oxygen atoms in total. The van der Waals surface area contributed by atoms with Crippen LogP contribution < -0.4 is 5.32 Å². The Morgan fingerprint density at radius 3 is 2.53 bits per heavy atom. The Kier molecular flexibility index (Phi) is 4.55. The molecule has 2 N–H and O–H groups in total. The van der Waals surface area contributed by atoms with Crippen molar-refractivity contribution in [3.63, 3.8) is 0 Å². The zero-order valence-electron chi connectivity index (χ0n) is 11.0. The minimum absolute atomic E-state index is 0.297. The van der Waals surface area contributed by atoms with Crippen LogP contribution >= 0.6 is 0 Å². The fourth-order valence-electron chi connectivity index (χ4n) is 1.69. The van der Waals surface area contributed by atoms with Crippen LogP contribution in [0.1, 0.15) is 30.0 Å². The molecule has 0 aliphatic heterocycles. The van der Waals surface area contributed by atoms with Gasteiger partial charge in [0.2, 0.25) is 0 Å². The van der Waals surface area contributed by atoms with E-state index in [0.29, 0.717) is 13.0 Å². The molecule has 0 aliphatic rings. The number of hydrogen-bond acceptors (Lipinski definition) is 2. The maximum Gasteiger partial charge on any atom is 0.306 e. The molecule has 0 amide bonds. The average molecular weight is 235 g/mol. The van der Waals surface area contributed by atoms with Crippen LogP contribution in [-0.4, -0.2) is 17.6 Å². The highest BCUT2D eigenvalue weighted by Crippen LogP contribution is 2.21. The van der Waals surface area contributed by atoms with Gasteiger partial charge in [-0.25, -0.2) is 0 Å². The molecule has 1 rings (SSSR count). The lowest BCUT2D eigenvalue weighted by Crippen LogP contribution is -2.14. The number of carboxylic acids is 1. The van der Waals surface area contributed by atoms with E-state index in [-0.39, 0.29) is 5.92 Å². The van der Waals surface area contributed by atoms with Crippen LogP contribution in [0.5, 0.6) is 0 Å². The van der Waals surface area contributed by atoms with Crippen molar-refractivity contribution in [1.29, 1.82) is 0 Å². The fourth-order valence-corrected chi connectivity index (χ4v) is 1.69. The van der Waals surface area contributed by atoms with E-state index >= 15 is 0 Å². The largest absolute Gasteiger partial charge is 0.481 e. The second-order valence-corrected chi connectivity index (χ2v) is 4.63. The maximum absolute atomic E-state index is 10.7. The Morgan fingerprint density at radius 1 is 1.29 bits per heavy atom. The van der Waals surface area contributed by atoms with Gasteiger partial charge in [0.05, 0.1) is 5.92 Å². The van der Waals surface area contributed by atoms with E-state index in [1.54, 1.807) is 6.92 Å². The molecular weight excluding hydrogens is 214 g/mol. The molecule has 94 valence electrons. The molecule has 0 aliphatic carbocycles. The highest BCUT2D eigenvalue weighted by Gasteiger charge is 2.10. The summed E-state index contributed by atoms with van der Waals surface area (Å²) in [5.41, 5.74) is 4.92. The van der Waals surface area contributed by atoms with E-state index in [1.807, 2.05) is 0 Å². The van der Waals surface area contributed by atoms with Gasteiger partial charge in [-0.15, -0.1) is 0 Å². The maximum atomic E-state index is 10.7. The number of carboxylic acid groups (broad SMARTS) is 1. The molecule has 1 aromatic rings. The average Bonchev–Trinajstić information content (AvgIpc) is 2.28. The summed E-state index contributed by atoms with van der Waals surface area (Å²) in [6.07, 6.45) is 0.641. The van der Waals surface area contributed by atoms with Crippen LogP contribution in [0.2, 0.25) is 0 Å². The van der Waals surface area contributed by atoms with Gasteiger partial charge < -0.3 is 10.4 Å². The molecule has 0 radical (unpaired) electrons. The Bertz CT molecular complexity index is 413. The lowest BCUT2D eigenvalue weighted by Gasteiger charge is -2.14. The Labute approximate surface area is 103 Å². The monoisotopic (exact) mass is 235 g/mol. The lowest BCUT2D eigenvalue weighted by molar-refractivity contribution is -0.141. The van der Waals surface area contributed by atoms with Gasteiger partial charge in [-0.3, -0.25) is 4.79 Å². The summed E-state index contributed by atoms with van der Waals surface area (Å²) < 4.78 is 0. The summed E-state index contributed by atoms with van der Waals surface area (Å²) in [5.74, 6) is -1.03. The number of benzene rings is 1. The SMILES string of the molecule is Cc1ccc(NCCC(C)C(=O)O)c(C)c1C. The minimum atomic E-state index is -0.733. The second kappa shape index (κ2) is 5.71. The van der Waals surface area contributed by atoms with Crippen LogP contribution in [0.15, 0.2) is 12.1 Å². The van der Waals surface area contributed by atoms with E-state index in [4.69, 9.17) is 5.11 Å². The van der Waals surface area contributed by atoms with Gasteiger partial charge in [-0.05, 0) is 49.9 Å². The van der Waals surface area contributed by atoms with Gasteiger partial charge >= 0.3 is 5.97 Å². The quantitative estimate of drug-likeness (QED) is 0.824. The molecule has 0 spiro atoms. The van der Waals surface area contributed by atoms with E-state index in [0.717, 1.165) is 5.69 Å². The van der Waals surface area contributed by atoms with Crippen molar-refractivity contribution < 1.29 is 9.90 Å². The molecule has 1 atom stereocenters. The number of carbonyl (C=O) groups is 1. The first-order chi connectivity index (χ1) is 7.93. The van der Waals surface area contributed by atoms with Gasteiger partial charge in [0, 0.05) is 12.2 Å². The van der Waals surface area contributed by atoms with E-state index in [2.05, 4.69) is 38.2 Å². The molecule has 0 saturated heterocycles. The standard InChI is InChI=1S/C14H21NO2/c1-9-5-6-13(12(4)11(9)3)15-8-7-10(2)14(16)17/h5-6,10,15H,7-8H2,1-4H3,(H,16,17). The Hall–Kier alpha value is -1.51. The molecule has 0 heterocycles. The van der Waals surface area contributed by atoms with E-state index in [9.17, 15) is 4.79 Å². The van der Waals surface area contributed by atoms with Gasteiger partial charge in [0.15, 0.2) is 0 Å². The van der Waals surface area contributed by atoms with Crippen LogP contribution in [0.25, 0.3) is 0 Å².